The molecule has 0 saturated heterocycles. The van der Waals surface area contributed by atoms with E-state index >= 15 is 0 Å². The molecule has 11 heavy (non-hydrogen) atoms. The largest absolute Gasteiger partial charge is 0.369 e. The number of nitrogens with two attached hydrogens (primary N) is 1. The smallest absolute Gasteiger partial charge is 0.231 e. The summed E-state index contributed by atoms with van der Waals surface area (Å²) in [6.45, 7) is 2.57. The molecule has 2 atom stereocenters. The van der Waals surface area contributed by atoms with Gasteiger partial charge in [-0.25, -0.2) is 0 Å². The van der Waals surface area contributed by atoms with Crippen molar-refractivity contribution in [2.24, 2.45) is 5.73 Å². The summed E-state index contributed by atoms with van der Waals surface area (Å²) in [6, 6.07) is 0. The Labute approximate surface area is 69.0 Å². The topological polar surface area (TPSA) is 72.2 Å². The SMILES string of the molecule is CC(CNCC(N)=O)S(C)=O. The number of hydrogen-bond acceptors (Lipinski definition) is 3. The van der Waals surface area contributed by atoms with Gasteiger partial charge in [0.15, 0.2) is 0 Å². The van der Waals surface area contributed by atoms with Gasteiger partial charge in [-0.05, 0) is 6.92 Å². The van der Waals surface area contributed by atoms with Crippen molar-refractivity contribution >= 4 is 16.7 Å². The molecule has 0 bridgehead atoms. The summed E-state index contributed by atoms with van der Waals surface area (Å²) >= 11 is 0. The predicted octanol–water partition coefficient (Wildman–Crippen LogP) is -1.17. The molecule has 0 rings (SSSR count). The van der Waals surface area contributed by atoms with Gasteiger partial charge in [-0.15, -0.1) is 0 Å². The van der Waals surface area contributed by atoms with Gasteiger partial charge < -0.3 is 11.1 Å². The van der Waals surface area contributed by atoms with Gasteiger partial charge in [0.05, 0.1) is 6.54 Å². The number of hydrogen-bond donors (Lipinski definition) is 2. The monoisotopic (exact) mass is 178 g/mol. The van der Waals surface area contributed by atoms with E-state index in [2.05, 4.69) is 5.32 Å². The highest BCUT2D eigenvalue weighted by molar-refractivity contribution is 7.84. The van der Waals surface area contributed by atoms with Crippen molar-refractivity contribution in [2.45, 2.75) is 12.2 Å². The molecule has 2 unspecified atom stereocenters. The molecule has 0 aromatic carbocycles. The molecule has 0 aliphatic carbocycles. The Hall–Kier alpha value is -0.420. The molecular formula is C6H14N2O2S. The molecule has 3 N–H and O–H groups in total. The lowest BCUT2D eigenvalue weighted by atomic mass is 10.4. The summed E-state index contributed by atoms with van der Waals surface area (Å²) in [4.78, 5) is 10.2. The molecule has 0 aromatic heterocycles. The molecule has 4 nitrogen and oxygen atoms in total. The van der Waals surface area contributed by atoms with Crippen LogP contribution in [0.2, 0.25) is 0 Å². The normalized spacial score (nSPS) is 15.8. The molecule has 5 heteroatoms. The first-order valence-electron chi connectivity index (χ1n) is 3.35. The van der Waals surface area contributed by atoms with Crippen molar-refractivity contribution in [3.8, 4) is 0 Å². The molecule has 0 radical (unpaired) electrons. The summed E-state index contributed by atoms with van der Waals surface area (Å²) in [5, 5.41) is 2.86. The van der Waals surface area contributed by atoms with Crippen LogP contribution >= 0.6 is 0 Å². The molecule has 0 fully saturated rings. The van der Waals surface area contributed by atoms with Crippen molar-refractivity contribution in [1.82, 2.24) is 5.32 Å². The highest BCUT2D eigenvalue weighted by atomic mass is 32.2. The third kappa shape index (κ3) is 6.00. The van der Waals surface area contributed by atoms with Gasteiger partial charge in [0.2, 0.25) is 5.91 Å². The molecule has 0 spiro atoms. The zero-order chi connectivity index (χ0) is 8.85. The molecular weight excluding hydrogens is 164 g/mol. The maximum absolute atomic E-state index is 10.8. The van der Waals surface area contributed by atoms with Crippen LogP contribution in [0.4, 0.5) is 0 Å². The number of rotatable bonds is 5. The van der Waals surface area contributed by atoms with Crippen LogP contribution < -0.4 is 11.1 Å². The second kappa shape index (κ2) is 5.26. The van der Waals surface area contributed by atoms with Crippen LogP contribution in [-0.2, 0) is 15.6 Å². The van der Waals surface area contributed by atoms with E-state index in [1.165, 1.54) is 0 Å². The lowest BCUT2D eigenvalue weighted by Crippen LogP contribution is -2.34. The third-order valence-electron chi connectivity index (χ3n) is 1.30. The average molecular weight is 178 g/mol. The van der Waals surface area contributed by atoms with E-state index < -0.39 is 10.8 Å². The van der Waals surface area contributed by atoms with E-state index in [9.17, 15) is 9.00 Å². The van der Waals surface area contributed by atoms with Crippen LogP contribution in [-0.4, -0.2) is 34.7 Å². The van der Waals surface area contributed by atoms with Crippen LogP contribution in [0, 0.1) is 0 Å². The number of carbonyl (C=O) groups excluding carboxylic acids is 1. The maximum atomic E-state index is 10.8. The van der Waals surface area contributed by atoms with Crippen molar-refractivity contribution in [1.29, 1.82) is 0 Å². The Balaban J connectivity index is 3.39. The highest BCUT2D eigenvalue weighted by Gasteiger charge is 2.04. The summed E-state index contributed by atoms with van der Waals surface area (Å²) < 4.78 is 10.8. The first kappa shape index (κ1) is 10.6. The van der Waals surface area contributed by atoms with Crippen molar-refractivity contribution in [3.63, 3.8) is 0 Å². The van der Waals surface area contributed by atoms with E-state index in [0.29, 0.717) is 6.54 Å². The molecule has 0 aliphatic rings. The molecule has 0 aromatic rings. The quantitative estimate of drug-likeness (QED) is 0.557. The molecule has 0 heterocycles. The average Bonchev–Trinajstić information content (AvgIpc) is 1.86. The standard InChI is InChI=1S/C6H14N2O2S/c1-5(11(2)10)3-8-4-6(7)9/h5,8H,3-4H2,1-2H3,(H2,7,9). The second-order valence-electron chi connectivity index (χ2n) is 2.41. The van der Waals surface area contributed by atoms with Gasteiger partial charge in [-0.1, -0.05) is 0 Å². The van der Waals surface area contributed by atoms with Gasteiger partial charge in [-0.3, -0.25) is 9.00 Å². The van der Waals surface area contributed by atoms with Gasteiger partial charge in [-0.2, -0.15) is 0 Å². The Morgan fingerprint density at radius 2 is 2.27 bits per heavy atom. The maximum Gasteiger partial charge on any atom is 0.231 e. The Morgan fingerprint density at radius 1 is 1.73 bits per heavy atom. The summed E-state index contributed by atoms with van der Waals surface area (Å²) in [7, 11) is -0.840. The van der Waals surface area contributed by atoms with Crippen LogP contribution in [0.1, 0.15) is 6.92 Å². The van der Waals surface area contributed by atoms with Crippen LogP contribution in [0.15, 0.2) is 0 Å². The van der Waals surface area contributed by atoms with E-state index in [-0.39, 0.29) is 17.7 Å². The van der Waals surface area contributed by atoms with E-state index in [1.807, 2.05) is 6.92 Å². The van der Waals surface area contributed by atoms with Crippen LogP contribution in [0.25, 0.3) is 0 Å². The third-order valence-corrected chi connectivity index (χ3v) is 2.60. The minimum atomic E-state index is -0.840. The molecule has 1 amide bonds. The number of nitrogens with one attached hydrogen (secondary N) is 1. The minimum absolute atomic E-state index is 0.0642. The molecule has 0 aliphatic heterocycles. The van der Waals surface area contributed by atoms with E-state index in [0.717, 1.165) is 0 Å². The fraction of sp³-hybridized carbons (Fsp3) is 0.833. The zero-order valence-corrected chi connectivity index (χ0v) is 7.61. The molecule has 0 saturated carbocycles. The Kier molecular flexibility index (Phi) is 5.06. The minimum Gasteiger partial charge on any atom is -0.369 e. The lowest BCUT2D eigenvalue weighted by Gasteiger charge is -2.07. The van der Waals surface area contributed by atoms with Crippen LogP contribution in [0.5, 0.6) is 0 Å². The molecule has 66 valence electrons. The predicted molar refractivity (Wildman–Crippen MR) is 45.6 cm³/mol. The van der Waals surface area contributed by atoms with Gasteiger partial charge in [0, 0.05) is 28.9 Å². The van der Waals surface area contributed by atoms with Crippen LogP contribution in [0.3, 0.4) is 0 Å². The van der Waals surface area contributed by atoms with E-state index in [1.54, 1.807) is 6.26 Å². The highest BCUT2D eigenvalue weighted by Crippen LogP contribution is 1.88. The second-order valence-corrected chi connectivity index (χ2v) is 4.21. The van der Waals surface area contributed by atoms with E-state index in [4.69, 9.17) is 5.73 Å². The summed E-state index contributed by atoms with van der Waals surface area (Å²) in [5.74, 6) is -0.390. The Bertz CT molecular complexity index is 161. The van der Waals surface area contributed by atoms with Crippen molar-refractivity contribution in [2.75, 3.05) is 19.3 Å². The van der Waals surface area contributed by atoms with Crippen molar-refractivity contribution < 1.29 is 9.00 Å². The van der Waals surface area contributed by atoms with Crippen molar-refractivity contribution in [3.05, 3.63) is 0 Å². The first-order valence-corrected chi connectivity index (χ1v) is 4.97. The van der Waals surface area contributed by atoms with Gasteiger partial charge >= 0.3 is 0 Å². The number of amides is 1. The first-order chi connectivity index (χ1) is 5.04. The summed E-state index contributed by atoms with van der Waals surface area (Å²) in [6.07, 6.45) is 1.64. The zero-order valence-electron chi connectivity index (χ0n) is 6.79. The lowest BCUT2D eigenvalue weighted by molar-refractivity contribution is -0.117. The Morgan fingerprint density at radius 3 is 2.64 bits per heavy atom. The fourth-order valence-electron chi connectivity index (χ4n) is 0.516. The number of carbonyl (C=O) groups is 1. The number of primary amides is 1. The fourth-order valence-corrected chi connectivity index (χ4v) is 0.869. The summed E-state index contributed by atoms with van der Waals surface area (Å²) in [5.41, 5.74) is 4.88. The van der Waals surface area contributed by atoms with Gasteiger partial charge in [0.1, 0.15) is 0 Å². The van der Waals surface area contributed by atoms with Gasteiger partial charge in [0.25, 0.3) is 0 Å².